The lowest BCUT2D eigenvalue weighted by atomic mass is 10.1. The molecular formula is C23H22N4O. The van der Waals surface area contributed by atoms with E-state index in [2.05, 4.69) is 10.4 Å². The van der Waals surface area contributed by atoms with Gasteiger partial charge in [0.1, 0.15) is 5.56 Å². The SMILES string of the molecule is Cc1cccc(-n2ncc(C(=O)N[C@H](C)c3ccccc3)c2-n2cccc2)c1. The van der Waals surface area contributed by atoms with E-state index < -0.39 is 0 Å². The first-order valence-electron chi connectivity index (χ1n) is 9.27. The van der Waals surface area contributed by atoms with E-state index in [-0.39, 0.29) is 11.9 Å². The molecule has 1 atom stereocenters. The van der Waals surface area contributed by atoms with Gasteiger partial charge in [-0.05, 0) is 49.2 Å². The van der Waals surface area contributed by atoms with Crippen molar-refractivity contribution in [3.63, 3.8) is 0 Å². The van der Waals surface area contributed by atoms with Crippen molar-refractivity contribution >= 4 is 5.91 Å². The highest BCUT2D eigenvalue weighted by molar-refractivity contribution is 5.97. The molecule has 1 N–H and O–H groups in total. The number of nitrogens with one attached hydrogen (secondary N) is 1. The van der Waals surface area contributed by atoms with Crippen molar-refractivity contribution in [1.82, 2.24) is 19.7 Å². The smallest absolute Gasteiger partial charge is 0.257 e. The normalized spacial score (nSPS) is 11.9. The third-order valence-corrected chi connectivity index (χ3v) is 4.73. The number of benzene rings is 2. The van der Waals surface area contributed by atoms with Crippen molar-refractivity contribution in [3.8, 4) is 11.5 Å². The Hall–Kier alpha value is -3.60. The van der Waals surface area contributed by atoms with Gasteiger partial charge in [0.2, 0.25) is 0 Å². The summed E-state index contributed by atoms with van der Waals surface area (Å²) in [7, 11) is 0. The molecule has 4 rings (SSSR count). The minimum absolute atomic E-state index is 0.103. The molecule has 0 spiro atoms. The molecular weight excluding hydrogens is 348 g/mol. The summed E-state index contributed by atoms with van der Waals surface area (Å²) < 4.78 is 3.71. The molecule has 0 saturated heterocycles. The lowest BCUT2D eigenvalue weighted by Gasteiger charge is -2.15. The van der Waals surface area contributed by atoms with Gasteiger partial charge in [0.15, 0.2) is 5.82 Å². The van der Waals surface area contributed by atoms with Crippen LogP contribution in [0.15, 0.2) is 85.3 Å². The van der Waals surface area contributed by atoms with E-state index in [9.17, 15) is 4.79 Å². The second-order valence-corrected chi connectivity index (χ2v) is 6.83. The lowest BCUT2D eigenvalue weighted by molar-refractivity contribution is 0.0940. The van der Waals surface area contributed by atoms with Crippen molar-refractivity contribution in [2.45, 2.75) is 19.9 Å². The number of nitrogens with zero attached hydrogens (tertiary/aromatic N) is 3. The van der Waals surface area contributed by atoms with Gasteiger partial charge in [-0.2, -0.15) is 5.10 Å². The zero-order chi connectivity index (χ0) is 19.5. The number of aryl methyl sites for hydroxylation is 1. The van der Waals surface area contributed by atoms with Crippen molar-refractivity contribution in [2.24, 2.45) is 0 Å². The Morgan fingerprint density at radius 3 is 2.46 bits per heavy atom. The molecule has 0 radical (unpaired) electrons. The van der Waals surface area contributed by atoms with Gasteiger partial charge in [0.05, 0.1) is 17.9 Å². The van der Waals surface area contributed by atoms with E-state index in [0.717, 1.165) is 16.8 Å². The fourth-order valence-corrected chi connectivity index (χ4v) is 3.27. The van der Waals surface area contributed by atoms with Crippen molar-refractivity contribution < 1.29 is 4.79 Å². The van der Waals surface area contributed by atoms with Gasteiger partial charge in [0, 0.05) is 12.4 Å². The molecule has 28 heavy (non-hydrogen) atoms. The molecule has 5 nitrogen and oxygen atoms in total. The highest BCUT2D eigenvalue weighted by Crippen LogP contribution is 2.21. The zero-order valence-electron chi connectivity index (χ0n) is 15.9. The predicted molar refractivity (Wildman–Crippen MR) is 110 cm³/mol. The van der Waals surface area contributed by atoms with Crippen molar-refractivity contribution in [3.05, 3.63) is 102 Å². The second-order valence-electron chi connectivity index (χ2n) is 6.83. The zero-order valence-corrected chi connectivity index (χ0v) is 15.9. The van der Waals surface area contributed by atoms with Crippen molar-refractivity contribution in [2.75, 3.05) is 0 Å². The maximum atomic E-state index is 13.1. The summed E-state index contributed by atoms with van der Waals surface area (Å²) in [4.78, 5) is 13.1. The molecule has 4 aromatic rings. The standard InChI is InChI=1S/C23H22N4O/c1-17-9-8-12-20(15-17)27-23(26-13-6-7-14-26)21(16-24-27)22(28)25-18(2)19-10-4-3-5-11-19/h3-16,18H,1-2H3,(H,25,28)/t18-/m1/s1. The molecule has 5 heteroatoms. The van der Waals surface area contributed by atoms with E-state index in [1.54, 1.807) is 10.9 Å². The number of hydrogen-bond acceptors (Lipinski definition) is 2. The van der Waals surface area contributed by atoms with Crippen LogP contribution in [0.2, 0.25) is 0 Å². The fourth-order valence-electron chi connectivity index (χ4n) is 3.27. The molecule has 2 aromatic carbocycles. The van der Waals surface area contributed by atoms with Crippen molar-refractivity contribution in [1.29, 1.82) is 0 Å². The number of rotatable bonds is 5. The Bertz CT molecular complexity index is 1080. The Labute approximate surface area is 164 Å². The van der Waals surface area contributed by atoms with E-state index in [4.69, 9.17) is 0 Å². The van der Waals surface area contributed by atoms with Gasteiger partial charge in [-0.25, -0.2) is 4.68 Å². The summed E-state index contributed by atoms with van der Waals surface area (Å²) in [5.74, 6) is 0.562. The van der Waals surface area contributed by atoms with Crippen LogP contribution in [0.25, 0.3) is 11.5 Å². The van der Waals surface area contributed by atoms with E-state index >= 15 is 0 Å². The van der Waals surface area contributed by atoms with Gasteiger partial charge in [-0.1, -0.05) is 42.5 Å². The Morgan fingerprint density at radius 1 is 1.00 bits per heavy atom. The van der Waals surface area contributed by atoms with Crippen LogP contribution in [0.4, 0.5) is 0 Å². The van der Waals surface area contributed by atoms with E-state index in [1.165, 1.54) is 0 Å². The third kappa shape index (κ3) is 3.47. The molecule has 140 valence electrons. The molecule has 0 saturated carbocycles. The largest absolute Gasteiger partial charge is 0.345 e. The summed E-state index contributed by atoms with van der Waals surface area (Å²) >= 11 is 0. The van der Waals surface area contributed by atoms with Gasteiger partial charge >= 0.3 is 0 Å². The topological polar surface area (TPSA) is 51.9 Å². The van der Waals surface area contributed by atoms with Crippen LogP contribution in [0, 0.1) is 6.92 Å². The van der Waals surface area contributed by atoms with E-state index in [0.29, 0.717) is 11.4 Å². The summed E-state index contributed by atoms with van der Waals surface area (Å²) in [6.07, 6.45) is 5.46. The summed E-state index contributed by atoms with van der Waals surface area (Å²) in [6.45, 7) is 4.02. The minimum atomic E-state index is -0.154. The van der Waals surface area contributed by atoms with E-state index in [1.807, 2.05) is 97.5 Å². The predicted octanol–water partition coefficient (Wildman–Crippen LogP) is 4.46. The molecule has 2 aromatic heterocycles. The number of carbonyl (C=O) groups excluding carboxylic acids is 1. The summed E-state index contributed by atoms with van der Waals surface area (Å²) in [5, 5.41) is 7.60. The van der Waals surface area contributed by atoms with Gasteiger partial charge in [-0.3, -0.25) is 4.79 Å². The molecule has 2 heterocycles. The quantitative estimate of drug-likeness (QED) is 0.564. The monoisotopic (exact) mass is 370 g/mol. The average molecular weight is 370 g/mol. The maximum Gasteiger partial charge on any atom is 0.257 e. The molecule has 0 aliphatic heterocycles. The molecule has 0 aliphatic rings. The number of aromatic nitrogens is 3. The maximum absolute atomic E-state index is 13.1. The third-order valence-electron chi connectivity index (χ3n) is 4.73. The van der Waals surface area contributed by atoms with Crippen LogP contribution >= 0.6 is 0 Å². The van der Waals surface area contributed by atoms with Crippen LogP contribution in [0.3, 0.4) is 0 Å². The van der Waals surface area contributed by atoms with Crippen LogP contribution in [-0.2, 0) is 0 Å². The first-order valence-corrected chi connectivity index (χ1v) is 9.27. The summed E-state index contributed by atoms with van der Waals surface area (Å²) in [6, 6.07) is 21.8. The number of hydrogen-bond donors (Lipinski definition) is 1. The lowest BCUT2D eigenvalue weighted by Crippen LogP contribution is -2.27. The van der Waals surface area contributed by atoms with Crippen LogP contribution in [-0.4, -0.2) is 20.3 Å². The molecule has 0 bridgehead atoms. The molecule has 0 aliphatic carbocycles. The molecule has 1 amide bonds. The van der Waals surface area contributed by atoms with Crippen LogP contribution in [0.1, 0.15) is 34.5 Å². The summed E-state index contributed by atoms with van der Waals surface area (Å²) in [5.41, 5.74) is 3.64. The number of carbonyl (C=O) groups is 1. The first kappa shape index (κ1) is 17.8. The Kier molecular flexibility index (Phi) is 4.81. The minimum Gasteiger partial charge on any atom is -0.345 e. The van der Waals surface area contributed by atoms with Gasteiger partial charge in [-0.15, -0.1) is 0 Å². The molecule has 0 unspecified atom stereocenters. The Balaban J connectivity index is 1.72. The van der Waals surface area contributed by atoms with Gasteiger partial charge < -0.3 is 9.88 Å². The Morgan fingerprint density at radius 2 is 1.75 bits per heavy atom. The number of amides is 1. The molecule has 0 fully saturated rings. The van der Waals surface area contributed by atoms with Crippen LogP contribution in [0.5, 0.6) is 0 Å². The highest BCUT2D eigenvalue weighted by Gasteiger charge is 2.21. The average Bonchev–Trinajstić information content (AvgIpc) is 3.38. The van der Waals surface area contributed by atoms with Gasteiger partial charge in [0.25, 0.3) is 5.91 Å². The fraction of sp³-hybridized carbons (Fsp3) is 0.130. The van der Waals surface area contributed by atoms with Crippen LogP contribution < -0.4 is 5.32 Å². The first-order chi connectivity index (χ1) is 13.6. The second kappa shape index (κ2) is 7.56. The highest BCUT2D eigenvalue weighted by atomic mass is 16.1.